The van der Waals surface area contributed by atoms with Crippen LogP contribution in [0.2, 0.25) is 0 Å². The Hall–Kier alpha value is -2.62. The summed E-state index contributed by atoms with van der Waals surface area (Å²) in [4.78, 5) is 11.8. The number of unbranched alkanes of at least 4 members (excludes halogenated alkanes) is 1. The number of rotatable bonds is 7. The zero-order valence-electron chi connectivity index (χ0n) is 13.1. The molecule has 23 heavy (non-hydrogen) atoms. The fourth-order valence-electron chi connectivity index (χ4n) is 1.93. The lowest BCUT2D eigenvalue weighted by Crippen LogP contribution is -2.07. The van der Waals surface area contributed by atoms with E-state index < -0.39 is 0 Å². The minimum absolute atomic E-state index is 0.307. The number of ether oxygens (including phenoxy) is 1. The minimum atomic E-state index is -0.384. The summed E-state index contributed by atoms with van der Waals surface area (Å²) in [6.07, 6.45) is 5.24. The molecular weight excluding hydrogens is 293 g/mol. The third-order valence-corrected chi connectivity index (χ3v) is 3.17. The van der Waals surface area contributed by atoms with Crippen molar-refractivity contribution in [3.8, 4) is 5.75 Å². The van der Waals surface area contributed by atoms with Gasteiger partial charge in [0, 0.05) is 11.8 Å². The van der Waals surface area contributed by atoms with Crippen LogP contribution in [0.3, 0.4) is 0 Å². The van der Waals surface area contributed by atoms with Crippen molar-refractivity contribution < 1.29 is 13.9 Å². The molecule has 2 aromatic carbocycles. The molecular formula is C19H20FNO2. The van der Waals surface area contributed by atoms with Gasteiger partial charge in [-0.1, -0.05) is 31.5 Å². The average Bonchev–Trinajstić information content (AvgIpc) is 2.54. The van der Waals surface area contributed by atoms with Gasteiger partial charge in [0.25, 0.3) is 0 Å². The first-order chi connectivity index (χ1) is 11.2. The van der Waals surface area contributed by atoms with Crippen molar-refractivity contribution in [1.82, 2.24) is 0 Å². The largest absolute Gasteiger partial charge is 0.494 e. The lowest BCUT2D eigenvalue weighted by molar-refractivity contribution is -0.111. The Kier molecular flexibility index (Phi) is 6.36. The summed E-state index contributed by atoms with van der Waals surface area (Å²) in [5, 5.41) is 2.61. The lowest BCUT2D eigenvalue weighted by Gasteiger charge is -2.05. The number of carbonyl (C=O) groups is 1. The fourth-order valence-corrected chi connectivity index (χ4v) is 1.93. The van der Waals surface area contributed by atoms with Gasteiger partial charge in [-0.3, -0.25) is 4.79 Å². The zero-order chi connectivity index (χ0) is 16.5. The summed E-state index contributed by atoms with van der Waals surface area (Å²) in [5.41, 5.74) is 1.32. The molecule has 1 N–H and O–H groups in total. The topological polar surface area (TPSA) is 38.3 Å². The third-order valence-electron chi connectivity index (χ3n) is 3.17. The fraction of sp³-hybridized carbons (Fsp3) is 0.211. The second kappa shape index (κ2) is 8.73. The van der Waals surface area contributed by atoms with Gasteiger partial charge in [0.05, 0.1) is 6.61 Å². The molecule has 0 bridgehead atoms. The molecule has 0 saturated heterocycles. The van der Waals surface area contributed by atoms with E-state index in [0.29, 0.717) is 12.3 Å². The molecule has 0 unspecified atom stereocenters. The molecule has 0 aliphatic carbocycles. The van der Waals surface area contributed by atoms with E-state index in [1.54, 1.807) is 18.2 Å². The molecule has 2 rings (SSSR count). The first kappa shape index (κ1) is 16.7. The van der Waals surface area contributed by atoms with Crippen molar-refractivity contribution in [3.05, 3.63) is 66.0 Å². The summed E-state index contributed by atoms with van der Waals surface area (Å²) < 4.78 is 18.6. The molecule has 0 atom stereocenters. The molecule has 120 valence electrons. The number of benzene rings is 2. The van der Waals surface area contributed by atoms with Crippen LogP contribution >= 0.6 is 0 Å². The summed E-state index contributed by atoms with van der Waals surface area (Å²) in [5.74, 6) is 0.129. The number of anilines is 1. The van der Waals surface area contributed by atoms with E-state index in [1.165, 1.54) is 18.2 Å². The highest BCUT2D eigenvalue weighted by molar-refractivity contribution is 6.01. The second-order valence-corrected chi connectivity index (χ2v) is 5.10. The highest BCUT2D eigenvalue weighted by Gasteiger charge is 1.99. The van der Waals surface area contributed by atoms with Crippen molar-refractivity contribution in [2.24, 2.45) is 0 Å². The molecule has 0 spiro atoms. The molecule has 1 amide bonds. The highest BCUT2D eigenvalue weighted by atomic mass is 19.1. The quantitative estimate of drug-likeness (QED) is 0.596. The normalized spacial score (nSPS) is 10.7. The average molecular weight is 313 g/mol. The van der Waals surface area contributed by atoms with Crippen molar-refractivity contribution in [2.75, 3.05) is 11.9 Å². The maximum Gasteiger partial charge on any atom is 0.248 e. The molecule has 0 aromatic heterocycles. The summed E-state index contributed by atoms with van der Waals surface area (Å²) in [7, 11) is 0. The SMILES string of the molecule is CCCCOc1ccc(/C=C/C(=O)Nc2cccc(F)c2)cc1. The number of nitrogens with one attached hydrogen (secondary N) is 1. The number of amides is 1. The van der Waals surface area contributed by atoms with Crippen LogP contribution in [0.25, 0.3) is 6.08 Å². The van der Waals surface area contributed by atoms with Crippen LogP contribution < -0.4 is 10.1 Å². The van der Waals surface area contributed by atoms with Crippen LogP contribution in [-0.2, 0) is 4.79 Å². The molecule has 0 saturated carbocycles. The van der Waals surface area contributed by atoms with Crippen LogP contribution in [0, 0.1) is 5.82 Å². The van der Waals surface area contributed by atoms with E-state index in [0.717, 1.165) is 24.2 Å². The summed E-state index contributed by atoms with van der Waals surface area (Å²) >= 11 is 0. The maximum absolute atomic E-state index is 13.0. The first-order valence-electron chi connectivity index (χ1n) is 7.65. The molecule has 0 heterocycles. The number of carbonyl (C=O) groups excluding carboxylic acids is 1. The number of halogens is 1. The molecule has 0 fully saturated rings. The van der Waals surface area contributed by atoms with Crippen LogP contribution in [0.4, 0.5) is 10.1 Å². The van der Waals surface area contributed by atoms with Crippen LogP contribution in [0.5, 0.6) is 5.75 Å². The van der Waals surface area contributed by atoms with E-state index in [1.807, 2.05) is 24.3 Å². The van der Waals surface area contributed by atoms with Crippen molar-refractivity contribution in [3.63, 3.8) is 0 Å². The molecule has 0 aliphatic rings. The van der Waals surface area contributed by atoms with Gasteiger partial charge in [0.1, 0.15) is 11.6 Å². The minimum Gasteiger partial charge on any atom is -0.494 e. The van der Waals surface area contributed by atoms with Crippen LogP contribution in [0.15, 0.2) is 54.6 Å². The van der Waals surface area contributed by atoms with Crippen molar-refractivity contribution in [1.29, 1.82) is 0 Å². The molecule has 0 aliphatic heterocycles. The first-order valence-corrected chi connectivity index (χ1v) is 7.65. The Morgan fingerprint density at radius 2 is 2.00 bits per heavy atom. The molecule has 2 aromatic rings. The predicted molar refractivity (Wildman–Crippen MR) is 90.9 cm³/mol. The van der Waals surface area contributed by atoms with E-state index in [2.05, 4.69) is 12.2 Å². The maximum atomic E-state index is 13.0. The monoisotopic (exact) mass is 313 g/mol. The third kappa shape index (κ3) is 5.94. The summed E-state index contributed by atoms with van der Waals surface area (Å²) in [6.45, 7) is 2.83. The standard InChI is InChI=1S/C19H20FNO2/c1-2-3-13-23-18-10-7-15(8-11-18)9-12-19(22)21-17-6-4-5-16(20)14-17/h4-12,14H,2-3,13H2,1H3,(H,21,22)/b12-9+. The van der Waals surface area contributed by atoms with Crippen molar-refractivity contribution >= 4 is 17.7 Å². The van der Waals surface area contributed by atoms with Crippen molar-refractivity contribution in [2.45, 2.75) is 19.8 Å². The summed E-state index contributed by atoms with van der Waals surface area (Å²) in [6, 6.07) is 13.3. The molecule has 0 radical (unpaired) electrons. The smallest absolute Gasteiger partial charge is 0.248 e. The highest BCUT2D eigenvalue weighted by Crippen LogP contribution is 2.14. The van der Waals surface area contributed by atoms with Gasteiger partial charge in [0.2, 0.25) is 5.91 Å². The van der Waals surface area contributed by atoms with Crippen LogP contribution in [0.1, 0.15) is 25.3 Å². The predicted octanol–water partition coefficient (Wildman–Crippen LogP) is 4.66. The van der Waals surface area contributed by atoms with Gasteiger partial charge in [-0.2, -0.15) is 0 Å². The Labute approximate surface area is 135 Å². The second-order valence-electron chi connectivity index (χ2n) is 5.10. The van der Waals surface area contributed by atoms with E-state index in [4.69, 9.17) is 4.74 Å². The van der Waals surface area contributed by atoms with Gasteiger partial charge in [-0.05, 0) is 48.4 Å². The Morgan fingerprint density at radius 3 is 2.70 bits per heavy atom. The Morgan fingerprint density at radius 1 is 1.22 bits per heavy atom. The van der Waals surface area contributed by atoms with E-state index in [9.17, 15) is 9.18 Å². The van der Waals surface area contributed by atoms with Crippen LogP contribution in [-0.4, -0.2) is 12.5 Å². The lowest BCUT2D eigenvalue weighted by atomic mass is 10.2. The van der Waals surface area contributed by atoms with E-state index >= 15 is 0 Å². The van der Waals surface area contributed by atoms with Gasteiger partial charge < -0.3 is 10.1 Å². The van der Waals surface area contributed by atoms with Gasteiger partial charge in [-0.15, -0.1) is 0 Å². The van der Waals surface area contributed by atoms with Gasteiger partial charge in [0.15, 0.2) is 0 Å². The number of hydrogen-bond acceptors (Lipinski definition) is 2. The van der Waals surface area contributed by atoms with Gasteiger partial charge in [-0.25, -0.2) is 4.39 Å². The number of hydrogen-bond donors (Lipinski definition) is 1. The Bertz CT molecular complexity index is 665. The molecule has 4 heteroatoms. The zero-order valence-corrected chi connectivity index (χ0v) is 13.1. The van der Waals surface area contributed by atoms with Gasteiger partial charge >= 0.3 is 0 Å². The van der Waals surface area contributed by atoms with E-state index in [-0.39, 0.29) is 11.7 Å². The Balaban J connectivity index is 1.88. The molecule has 3 nitrogen and oxygen atoms in total.